The fraction of sp³-hybridized carbons (Fsp3) is 0.548. The van der Waals surface area contributed by atoms with Gasteiger partial charge >= 0.3 is 0 Å². The Morgan fingerprint density at radius 3 is 2.50 bits per heavy atom. The molecule has 1 unspecified atom stereocenters. The first-order valence-corrected chi connectivity index (χ1v) is 16.8. The Morgan fingerprint density at radius 2 is 1.76 bits per heavy atom. The van der Waals surface area contributed by atoms with Crippen LogP contribution in [-0.4, -0.2) is 82.5 Å². The van der Waals surface area contributed by atoms with Gasteiger partial charge in [-0.1, -0.05) is 25.1 Å². The molecule has 2 aliphatic rings. The lowest BCUT2D eigenvalue weighted by Gasteiger charge is -2.31. The minimum atomic E-state index is -3.70. The van der Waals surface area contributed by atoms with Gasteiger partial charge in [0.25, 0.3) is 0 Å². The summed E-state index contributed by atoms with van der Waals surface area (Å²) in [6.07, 6.45) is 9.12. The molecule has 1 fully saturated rings. The van der Waals surface area contributed by atoms with Crippen molar-refractivity contribution < 1.29 is 13.2 Å². The Balaban J connectivity index is 1.32. The minimum Gasteiger partial charge on any atom is -0.356 e. The molecule has 5 rings (SSSR count). The first kappa shape index (κ1) is 30.3. The predicted molar refractivity (Wildman–Crippen MR) is 162 cm³/mol. The maximum absolute atomic E-state index is 13.6. The van der Waals surface area contributed by atoms with Gasteiger partial charge in [-0.05, 0) is 88.3 Å². The SMILES string of the molecule is CCN1CCC(CCNC(=O)C2CCCN(S(=O)(=O)c3ccccc3)CCc3nnc(-c4cccnc4)n3CC2)CC1. The fourth-order valence-electron chi connectivity index (χ4n) is 6.12. The molecule has 226 valence electrons. The number of amides is 1. The monoisotopic (exact) mass is 593 g/mol. The average Bonchev–Trinajstić information content (AvgIpc) is 3.42. The molecule has 10 nitrogen and oxygen atoms in total. The standard InChI is InChI=1S/C31H43N7O3S/c1-2-36-20-13-25(14-21-36)12-18-33-31(39)26-9-7-19-37(42(40,41)28-10-4-3-5-11-28)22-16-29-34-35-30(38(29)23-15-26)27-8-6-17-32-24-27/h3-6,8,10-11,17,24-26H,2,7,9,12-16,18-23H2,1H3,(H,33,39). The van der Waals surface area contributed by atoms with Crippen molar-refractivity contribution in [3.63, 3.8) is 0 Å². The number of carbonyl (C=O) groups is 1. The van der Waals surface area contributed by atoms with Crippen molar-refractivity contribution in [2.45, 2.75) is 63.3 Å². The van der Waals surface area contributed by atoms with E-state index in [1.54, 1.807) is 36.7 Å². The van der Waals surface area contributed by atoms with Crippen LogP contribution in [0.1, 0.15) is 51.3 Å². The number of likely N-dealkylation sites (tertiary alicyclic amines) is 1. The predicted octanol–water partition coefficient (Wildman–Crippen LogP) is 3.61. The zero-order valence-corrected chi connectivity index (χ0v) is 25.4. The summed E-state index contributed by atoms with van der Waals surface area (Å²) in [5, 5.41) is 12.2. The molecular formula is C31H43N7O3S. The Hall–Kier alpha value is -3.15. The van der Waals surface area contributed by atoms with E-state index in [2.05, 4.69) is 32.3 Å². The van der Waals surface area contributed by atoms with Crippen molar-refractivity contribution in [1.82, 2.24) is 34.3 Å². The fourth-order valence-corrected chi connectivity index (χ4v) is 7.62. The molecule has 0 aliphatic carbocycles. The molecule has 0 saturated carbocycles. The number of benzene rings is 1. The molecule has 2 aromatic heterocycles. The number of rotatable bonds is 8. The highest BCUT2D eigenvalue weighted by Crippen LogP contribution is 2.25. The van der Waals surface area contributed by atoms with Gasteiger partial charge < -0.3 is 14.8 Å². The molecule has 4 heterocycles. The van der Waals surface area contributed by atoms with Crippen LogP contribution in [0.15, 0.2) is 59.8 Å². The van der Waals surface area contributed by atoms with Gasteiger partial charge in [-0.15, -0.1) is 10.2 Å². The molecule has 1 saturated heterocycles. The summed E-state index contributed by atoms with van der Waals surface area (Å²) >= 11 is 0. The lowest BCUT2D eigenvalue weighted by atomic mass is 9.93. The van der Waals surface area contributed by atoms with E-state index in [1.165, 1.54) is 17.1 Å². The molecule has 3 aromatic rings. The minimum absolute atomic E-state index is 0.0512. The Kier molecular flexibility index (Phi) is 10.4. The molecule has 2 aliphatic heterocycles. The van der Waals surface area contributed by atoms with Crippen LogP contribution in [0.3, 0.4) is 0 Å². The molecule has 11 heteroatoms. The van der Waals surface area contributed by atoms with Crippen LogP contribution in [0.25, 0.3) is 11.4 Å². The van der Waals surface area contributed by atoms with Gasteiger partial charge in [-0.25, -0.2) is 8.42 Å². The van der Waals surface area contributed by atoms with E-state index >= 15 is 0 Å². The normalized spacial score (nSPS) is 20.0. The quantitative estimate of drug-likeness (QED) is 0.425. The molecule has 0 radical (unpaired) electrons. The van der Waals surface area contributed by atoms with Gasteiger partial charge in [-0.3, -0.25) is 9.78 Å². The second-order valence-corrected chi connectivity index (χ2v) is 13.3. The first-order valence-electron chi connectivity index (χ1n) is 15.3. The van der Waals surface area contributed by atoms with Crippen LogP contribution < -0.4 is 5.32 Å². The van der Waals surface area contributed by atoms with Crippen LogP contribution >= 0.6 is 0 Å². The highest BCUT2D eigenvalue weighted by molar-refractivity contribution is 7.89. The second kappa shape index (κ2) is 14.3. The lowest BCUT2D eigenvalue weighted by Crippen LogP contribution is -2.37. The largest absolute Gasteiger partial charge is 0.356 e. The number of sulfonamides is 1. The second-order valence-electron chi connectivity index (χ2n) is 11.4. The number of hydrogen-bond donors (Lipinski definition) is 1. The van der Waals surface area contributed by atoms with Gasteiger partial charge in [0.1, 0.15) is 5.82 Å². The molecule has 1 amide bonds. The number of piperidine rings is 1. The Bertz CT molecular complexity index is 1390. The molecule has 42 heavy (non-hydrogen) atoms. The van der Waals surface area contributed by atoms with E-state index < -0.39 is 10.0 Å². The lowest BCUT2D eigenvalue weighted by molar-refractivity contribution is -0.125. The average molecular weight is 594 g/mol. The van der Waals surface area contributed by atoms with Crippen LogP contribution in [-0.2, 0) is 27.8 Å². The summed E-state index contributed by atoms with van der Waals surface area (Å²) in [6.45, 7) is 7.48. The maximum Gasteiger partial charge on any atom is 0.243 e. The number of pyridine rings is 1. The number of nitrogens with one attached hydrogen (secondary N) is 1. The highest BCUT2D eigenvalue weighted by atomic mass is 32.2. The summed E-state index contributed by atoms with van der Waals surface area (Å²) in [5.74, 6) is 1.87. The van der Waals surface area contributed by atoms with E-state index in [9.17, 15) is 13.2 Å². The van der Waals surface area contributed by atoms with Crippen LogP contribution in [0.5, 0.6) is 0 Å². The third kappa shape index (κ3) is 7.43. The molecular weight excluding hydrogens is 550 g/mol. The first-order chi connectivity index (χ1) is 20.5. The zero-order chi connectivity index (χ0) is 29.4. The van der Waals surface area contributed by atoms with Crippen molar-refractivity contribution in [2.24, 2.45) is 11.8 Å². The zero-order valence-electron chi connectivity index (χ0n) is 24.6. The van der Waals surface area contributed by atoms with Gasteiger partial charge in [0.15, 0.2) is 5.82 Å². The number of hydrogen-bond acceptors (Lipinski definition) is 7. The third-order valence-electron chi connectivity index (χ3n) is 8.75. The van der Waals surface area contributed by atoms with Crippen molar-refractivity contribution >= 4 is 15.9 Å². The Labute approximate surface area is 249 Å². The Morgan fingerprint density at radius 1 is 0.952 bits per heavy atom. The molecule has 1 N–H and O–H groups in total. The van der Waals surface area contributed by atoms with Crippen molar-refractivity contribution in [3.05, 3.63) is 60.7 Å². The van der Waals surface area contributed by atoms with Crippen molar-refractivity contribution in [3.8, 4) is 11.4 Å². The summed E-state index contributed by atoms with van der Waals surface area (Å²) < 4.78 is 30.8. The van der Waals surface area contributed by atoms with Crippen LogP contribution in [0.4, 0.5) is 0 Å². The number of nitrogens with zero attached hydrogens (tertiary/aromatic N) is 6. The number of aromatic nitrogens is 4. The molecule has 1 aromatic carbocycles. The maximum atomic E-state index is 13.6. The van der Waals surface area contributed by atoms with E-state index in [-0.39, 0.29) is 23.3 Å². The highest BCUT2D eigenvalue weighted by Gasteiger charge is 2.28. The summed E-state index contributed by atoms with van der Waals surface area (Å²) in [5.41, 5.74) is 0.843. The summed E-state index contributed by atoms with van der Waals surface area (Å²) in [6, 6.07) is 12.4. The molecule has 0 spiro atoms. The topological polar surface area (TPSA) is 113 Å². The molecule has 1 atom stereocenters. The van der Waals surface area contributed by atoms with Crippen molar-refractivity contribution in [2.75, 3.05) is 39.3 Å². The van der Waals surface area contributed by atoms with E-state index in [0.29, 0.717) is 62.9 Å². The van der Waals surface area contributed by atoms with Gasteiger partial charge in [0, 0.05) is 56.5 Å². The molecule has 0 bridgehead atoms. The summed E-state index contributed by atoms with van der Waals surface area (Å²) in [7, 11) is -3.70. The number of fused-ring (bicyclic) bond motifs is 1. The van der Waals surface area contributed by atoms with E-state index in [1.807, 2.05) is 22.8 Å². The van der Waals surface area contributed by atoms with Gasteiger partial charge in [0.05, 0.1) is 4.90 Å². The summed E-state index contributed by atoms with van der Waals surface area (Å²) in [4.78, 5) is 20.5. The van der Waals surface area contributed by atoms with E-state index in [0.717, 1.165) is 31.6 Å². The van der Waals surface area contributed by atoms with E-state index in [4.69, 9.17) is 0 Å². The van der Waals surface area contributed by atoms with Gasteiger partial charge in [-0.2, -0.15) is 4.31 Å². The third-order valence-corrected chi connectivity index (χ3v) is 10.7. The number of carbonyl (C=O) groups excluding carboxylic acids is 1. The van der Waals surface area contributed by atoms with Crippen LogP contribution in [0.2, 0.25) is 0 Å². The smallest absolute Gasteiger partial charge is 0.243 e. The van der Waals surface area contributed by atoms with Gasteiger partial charge in [0.2, 0.25) is 15.9 Å². The van der Waals surface area contributed by atoms with Crippen LogP contribution in [0, 0.1) is 11.8 Å². The van der Waals surface area contributed by atoms with Crippen molar-refractivity contribution in [1.29, 1.82) is 0 Å².